The van der Waals surface area contributed by atoms with Gasteiger partial charge < -0.3 is 10.2 Å². The number of anilines is 1. The zero-order valence-electron chi connectivity index (χ0n) is 20.2. The van der Waals surface area contributed by atoms with Gasteiger partial charge in [-0.1, -0.05) is 18.6 Å². The molecular weight excluding hydrogens is 441 g/mol. The molecule has 4 heterocycles. The summed E-state index contributed by atoms with van der Waals surface area (Å²) in [7, 11) is 0. The molecule has 5 rings (SSSR count). The van der Waals surface area contributed by atoms with Crippen LogP contribution in [-0.2, 0) is 6.54 Å². The van der Waals surface area contributed by atoms with Gasteiger partial charge >= 0.3 is 0 Å². The molecule has 6 nitrogen and oxygen atoms in total. The first kappa shape index (κ1) is 23.7. The molecule has 1 aromatic carbocycles. The molecular formula is C28H34FN5O. The number of pyridine rings is 1. The largest absolute Gasteiger partial charge is 0.356 e. The topological polar surface area (TPSA) is 60.8 Å². The molecule has 184 valence electrons. The van der Waals surface area contributed by atoms with Crippen molar-refractivity contribution in [3.63, 3.8) is 0 Å². The Morgan fingerprint density at radius 2 is 1.89 bits per heavy atom. The minimum Gasteiger partial charge on any atom is -0.356 e. The van der Waals surface area contributed by atoms with Crippen LogP contribution in [0.5, 0.6) is 0 Å². The fourth-order valence-corrected chi connectivity index (χ4v) is 5.25. The summed E-state index contributed by atoms with van der Waals surface area (Å²) in [6.07, 6.45) is 13.7. The zero-order valence-corrected chi connectivity index (χ0v) is 20.2. The van der Waals surface area contributed by atoms with Crippen LogP contribution in [0.4, 0.5) is 10.2 Å². The van der Waals surface area contributed by atoms with E-state index < -0.39 is 0 Å². The molecule has 0 bridgehead atoms. The van der Waals surface area contributed by atoms with E-state index >= 15 is 0 Å². The van der Waals surface area contributed by atoms with Crippen LogP contribution in [0, 0.1) is 5.82 Å². The molecule has 1 amide bonds. The van der Waals surface area contributed by atoms with Gasteiger partial charge in [-0.05, 0) is 80.6 Å². The molecule has 2 saturated heterocycles. The first-order valence-electron chi connectivity index (χ1n) is 12.9. The maximum absolute atomic E-state index is 14.4. The summed E-state index contributed by atoms with van der Waals surface area (Å²) >= 11 is 0. The fourth-order valence-electron chi connectivity index (χ4n) is 5.25. The van der Waals surface area contributed by atoms with Crippen LogP contribution in [0.25, 0.3) is 0 Å². The van der Waals surface area contributed by atoms with E-state index in [0.717, 1.165) is 38.3 Å². The third-order valence-corrected chi connectivity index (χ3v) is 7.32. The Balaban J connectivity index is 1.13. The summed E-state index contributed by atoms with van der Waals surface area (Å²) in [6, 6.07) is 9.05. The van der Waals surface area contributed by atoms with Crippen molar-refractivity contribution in [2.75, 3.05) is 31.1 Å². The first-order chi connectivity index (χ1) is 17.2. The van der Waals surface area contributed by atoms with Crippen LogP contribution in [0.15, 0.2) is 53.8 Å². The molecule has 0 radical (unpaired) electrons. The van der Waals surface area contributed by atoms with Gasteiger partial charge in [-0.3, -0.25) is 14.7 Å². The van der Waals surface area contributed by atoms with Gasteiger partial charge in [0.1, 0.15) is 11.6 Å². The van der Waals surface area contributed by atoms with Gasteiger partial charge in [0, 0.05) is 55.8 Å². The summed E-state index contributed by atoms with van der Waals surface area (Å²) in [6.45, 7) is 5.06. The third-order valence-electron chi connectivity index (χ3n) is 7.32. The number of hydrogen-bond acceptors (Lipinski definition) is 5. The van der Waals surface area contributed by atoms with Crippen molar-refractivity contribution in [2.24, 2.45) is 4.99 Å². The second kappa shape index (κ2) is 11.1. The van der Waals surface area contributed by atoms with E-state index in [4.69, 9.17) is 4.98 Å². The number of aromatic nitrogens is 1. The summed E-state index contributed by atoms with van der Waals surface area (Å²) in [5.41, 5.74) is 2.29. The molecule has 1 unspecified atom stereocenters. The highest BCUT2D eigenvalue weighted by Gasteiger charge is 2.23. The number of carbonyl (C=O) groups excluding carboxylic acids is 1. The van der Waals surface area contributed by atoms with Crippen LogP contribution in [0.1, 0.15) is 65.9 Å². The summed E-state index contributed by atoms with van der Waals surface area (Å²) < 4.78 is 14.4. The Hall–Kier alpha value is -3.06. The number of likely N-dealkylation sites (tertiary alicyclic amines) is 1. The van der Waals surface area contributed by atoms with Crippen LogP contribution in [-0.4, -0.2) is 54.2 Å². The van der Waals surface area contributed by atoms with Gasteiger partial charge in [0.25, 0.3) is 5.91 Å². The minimum absolute atomic E-state index is 0.102. The predicted molar refractivity (Wildman–Crippen MR) is 137 cm³/mol. The van der Waals surface area contributed by atoms with Gasteiger partial charge in [0.15, 0.2) is 0 Å². The molecule has 0 saturated carbocycles. The number of halogens is 1. The van der Waals surface area contributed by atoms with Gasteiger partial charge in [-0.2, -0.15) is 0 Å². The van der Waals surface area contributed by atoms with E-state index in [9.17, 15) is 9.18 Å². The average molecular weight is 476 g/mol. The van der Waals surface area contributed by atoms with Crippen molar-refractivity contribution in [3.8, 4) is 0 Å². The molecule has 2 aromatic rings. The number of rotatable bonds is 6. The van der Waals surface area contributed by atoms with Crippen molar-refractivity contribution in [2.45, 2.75) is 57.0 Å². The van der Waals surface area contributed by atoms with E-state index in [0.29, 0.717) is 17.5 Å². The van der Waals surface area contributed by atoms with E-state index in [-0.39, 0.29) is 23.7 Å². The normalized spacial score (nSPS) is 21.3. The van der Waals surface area contributed by atoms with Crippen molar-refractivity contribution < 1.29 is 9.18 Å². The van der Waals surface area contributed by atoms with Crippen LogP contribution >= 0.6 is 0 Å². The highest BCUT2D eigenvalue weighted by Crippen LogP contribution is 2.25. The number of amides is 1. The molecule has 35 heavy (non-hydrogen) atoms. The molecule has 2 fully saturated rings. The van der Waals surface area contributed by atoms with Crippen molar-refractivity contribution in [1.29, 1.82) is 0 Å². The third kappa shape index (κ3) is 5.96. The lowest BCUT2D eigenvalue weighted by atomic mass is 9.93. The lowest BCUT2D eigenvalue weighted by Crippen LogP contribution is -2.45. The van der Waals surface area contributed by atoms with Crippen LogP contribution < -0.4 is 10.2 Å². The van der Waals surface area contributed by atoms with E-state index in [1.165, 1.54) is 44.0 Å². The number of carbonyl (C=O) groups is 1. The number of aliphatic imine (C=N–C) groups is 1. The Bertz CT molecular complexity index is 1070. The van der Waals surface area contributed by atoms with Crippen molar-refractivity contribution >= 4 is 17.9 Å². The number of piperidine rings is 2. The quantitative estimate of drug-likeness (QED) is 0.659. The smallest absolute Gasteiger partial charge is 0.251 e. The second-order valence-corrected chi connectivity index (χ2v) is 9.86. The molecule has 3 aliphatic heterocycles. The zero-order chi connectivity index (χ0) is 24.0. The maximum atomic E-state index is 14.4. The SMILES string of the molecule is O=C(NC1CCN(c2ccc(CN3CCCCC3)cn2)CC1)c1ccc(F)c(C2C=NC=CC2)c1. The number of nitrogens with zero attached hydrogens (tertiary/aromatic N) is 4. The fraction of sp³-hybridized carbons (Fsp3) is 0.464. The Kier molecular flexibility index (Phi) is 7.52. The molecule has 7 heteroatoms. The second-order valence-electron chi connectivity index (χ2n) is 9.86. The monoisotopic (exact) mass is 475 g/mol. The average Bonchev–Trinajstić information content (AvgIpc) is 2.91. The number of benzene rings is 1. The van der Waals surface area contributed by atoms with Gasteiger partial charge in [0.2, 0.25) is 0 Å². The molecule has 1 atom stereocenters. The van der Waals surface area contributed by atoms with Gasteiger partial charge in [-0.25, -0.2) is 9.37 Å². The van der Waals surface area contributed by atoms with E-state index in [1.54, 1.807) is 24.5 Å². The van der Waals surface area contributed by atoms with Crippen molar-refractivity contribution in [3.05, 3.63) is 71.3 Å². The highest BCUT2D eigenvalue weighted by atomic mass is 19.1. The lowest BCUT2D eigenvalue weighted by Gasteiger charge is -2.33. The Morgan fingerprint density at radius 3 is 2.60 bits per heavy atom. The molecule has 0 spiro atoms. The Labute approximate surface area is 206 Å². The maximum Gasteiger partial charge on any atom is 0.251 e. The van der Waals surface area contributed by atoms with Gasteiger partial charge in [-0.15, -0.1) is 0 Å². The highest BCUT2D eigenvalue weighted by molar-refractivity contribution is 5.94. The molecule has 1 aromatic heterocycles. The predicted octanol–water partition coefficient (Wildman–Crippen LogP) is 4.68. The first-order valence-corrected chi connectivity index (χ1v) is 12.9. The molecule has 1 N–H and O–H groups in total. The van der Waals surface area contributed by atoms with E-state index in [1.807, 2.05) is 12.3 Å². The van der Waals surface area contributed by atoms with Crippen LogP contribution in [0.2, 0.25) is 0 Å². The molecule has 3 aliphatic rings. The van der Waals surface area contributed by atoms with Crippen molar-refractivity contribution in [1.82, 2.24) is 15.2 Å². The number of hydrogen-bond donors (Lipinski definition) is 1. The minimum atomic E-state index is -0.295. The van der Waals surface area contributed by atoms with Gasteiger partial charge in [0.05, 0.1) is 0 Å². The summed E-state index contributed by atoms with van der Waals surface area (Å²) in [4.78, 5) is 26.6. The Morgan fingerprint density at radius 1 is 1.06 bits per heavy atom. The molecule has 0 aliphatic carbocycles. The number of allylic oxidation sites excluding steroid dienone is 1. The van der Waals surface area contributed by atoms with Crippen LogP contribution in [0.3, 0.4) is 0 Å². The van der Waals surface area contributed by atoms with E-state index in [2.05, 4.69) is 32.2 Å². The number of nitrogens with one attached hydrogen (secondary N) is 1. The summed E-state index contributed by atoms with van der Waals surface area (Å²) in [5.74, 6) is 0.433. The lowest BCUT2D eigenvalue weighted by molar-refractivity contribution is 0.0931. The summed E-state index contributed by atoms with van der Waals surface area (Å²) in [5, 5.41) is 3.15. The standard InChI is InChI=1S/C28H34FN5O/c29-26-8-7-22(17-25(26)23-5-4-12-30-19-23)28(35)32-24-10-15-34(16-11-24)27-9-6-21(18-31-27)20-33-13-2-1-3-14-33/h4,6-9,12,17-19,23-24H,1-3,5,10-11,13-16,20H2,(H,32,35).